The van der Waals surface area contributed by atoms with E-state index in [2.05, 4.69) is 10.4 Å². The normalized spacial score (nSPS) is 19.1. The second-order valence-electron chi connectivity index (χ2n) is 9.16. The van der Waals surface area contributed by atoms with E-state index in [4.69, 9.17) is 4.74 Å². The summed E-state index contributed by atoms with van der Waals surface area (Å²) >= 11 is 0. The number of nitrogens with one attached hydrogen (secondary N) is 2. The van der Waals surface area contributed by atoms with Gasteiger partial charge < -0.3 is 20.1 Å². The Hall–Kier alpha value is -3.35. The molecule has 190 valence electrons. The topological polar surface area (TPSA) is 120 Å². The van der Waals surface area contributed by atoms with Gasteiger partial charge in [0.15, 0.2) is 6.10 Å². The van der Waals surface area contributed by atoms with Gasteiger partial charge in [-0.3, -0.25) is 9.59 Å². The molecular weight excluding hydrogens is 471 g/mol. The minimum Gasteiger partial charge on any atom is -0.477 e. The summed E-state index contributed by atoms with van der Waals surface area (Å²) in [7, 11) is 0. The predicted octanol–water partition coefficient (Wildman–Crippen LogP) is 0.972. The SMILES string of the molecule is CC(C)C[n+]1c(O)c(C(=O)NC2CC2)c(=O)n2[nH]cc(/C=C/C(=O)N3CCO[C@@H](C(F)(F)F)C3)c21. The van der Waals surface area contributed by atoms with Gasteiger partial charge in [-0.2, -0.15) is 17.7 Å². The number of nitrogens with zero attached hydrogens (tertiary/aromatic N) is 3. The van der Waals surface area contributed by atoms with Gasteiger partial charge in [-0.1, -0.05) is 18.4 Å². The lowest BCUT2D eigenvalue weighted by Gasteiger charge is -2.33. The highest BCUT2D eigenvalue weighted by molar-refractivity contribution is 5.96. The van der Waals surface area contributed by atoms with E-state index in [-0.39, 0.29) is 37.3 Å². The van der Waals surface area contributed by atoms with Gasteiger partial charge in [0.1, 0.15) is 0 Å². The summed E-state index contributed by atoms with van der Waals surface area (Å²) in [5.41, 5.74) is -0.609. The molecule has 2 aromatic rings. The zero-order valence-corrected chi connectivity index (χ0v) is 19.3. The number of H-pyrrole nitrogens is 1. The zero-order valence-electron chi connectivity index (χ0n) is 19.3. The molecule has 4 rings (SSSR count). The molecule has 0 unspecified atom stereocenters. The third-order valence-electron chi connectivity index (χ3n) is 5.81. The van der Waals surface area contributed by atoms with Crippen LogP contribution >= 0.6 is 0 Å². The standard InChI is InChI=1S/C22H26F3N5O5/c1-12(2)10-29-19-13(3-6-16(31)28-7-8-35-15(11-28)22(23,24)25)9-26-30(19)21(34)17(20(29)33)18(32)27-14-4-5-14/h3,6,9,12,14-15H,4-5,7-8,10-11H2,1-2H3,(H2,27,32,33,34)/p+1/b6-3+/t15-/m1/s1. The molecule has 35 heavy (non-hydrogen) atoms. The molecule has 13 heteroatoms. The monoisotopic (exact) mass is 498 g/mol. The third kappa shape index (κ3) is 5.19. The Bertz CT molecular complexity index is 1230. The van der Waals surface area contributed by atoms with Gasteiger partial charge in [0.2, 0.25) is 11.5 Å². The van der Waals surface area contributed by atoms with Crippen LogP contribution in [0.5, 0.6) is 5.88 Å². The van der Waals surface area contributed by atoms with Gasteiger partial charge >= 0.3 is 23.3 Å². The minimum absolute atomic E-state index is 0.0106. The molecule has 0 spiro atoms. The average Bonchev–Trinajstić information content (AvgIpc) is 3.49. The van der Waals surface area contributed by atoms with Crippen molar-refractivity contribution in [2.75, 3.05) is 19.7 Å². The highest BCUT2D eigenvalue weighted by atomic mass is 19.4. The van der Waals surface area contributed by atoms with E-state index in [1.165, 1.54) is 16.8 Å². The molecule has 0 bridgehead atoms. The quantitative estimate of drug-likeness (QED) is 0.405. The first kappa shape index (κ1) is 24.8. The van der Waals surface area contributed by atoms with Crippen LogP contribution in [0.3, 0.4) is 0 Å². The van der Waals surface area contributed by atoms with E-state index in [1.54, 1.807) is 0 Å². The number of ether oxygens (including phenoxy) is 1. The fourth-order valence-corrected chi connectivity index (χ4v) is 3.92. The first-order valence-electron chi connectivity index (χ1n) is 11.3. The van der Waals surface area contributed by atoms with E-state index in [0.29, 0.717) is 5.56 Å². The molecule has 3 heterocycles. The van der Waals surface area contributed by atoms with Gasteiger partial charge in [0.05, 0.1) is 31.5 Å². The second-order valence-corrected chi connectivity index (χ2v) is 9.16. The summed E-state index contributed by atoms with van der Waals surface area (Å²) in [5.74, 6) is -1.80. The maximum absolute atomic E-state index is 13.0. The van der Waals surface area contributed by atoms with Crippen molar-refractivity contribution >= 4 is 23.5 Å². The molecule has 3 N–H and O–H groups in total. The number of carbonyl (C=O) groups excluding carboxylic acids is 2. The van der Waals surface area contributed by atoms with E-state index in [1.807, 2.05) is 13.8 Å². The number of carbonyl (C=O) groups is 2. The number of hydrogen-bond donors (Lipinski definition) is 3. The number of aromatic hydroxyl groups is 1. The van der Waals surface area contributed by atoms with Crippen LogP contribution in [-0.4, -0.2) is 69.5 Å². The molecule has 2 fully saturated rings. The van der Waals surface area contributed by atoms with Crippen molar-refractivity contribution in [3.05, 3.63) is 33.8 Å². The average molecular weight is 498 g/mol. The molecule has 1 aliphatic carbocycles. The summed E-state index contributed by atoms with van der Waals surface area (Å²) in [4.78, 5) is 39.3. The number of aromatic amines is 1. The molecule has 1 saturated heterocycles. The lowest BCUT2D eigenvalue weighted by molar-refractivity contribution is -0.686. The smallest absolute Gasteiger partial charge is 0.416 e. The van der Waals surface area contributed by atoms with Gasteiger partial charge in [-0.15, -0.1) is 0 Å². The van der Waals surface area contributed by atoms with Crippen LogP contribution in [0.25, 0.3) is 11.7 Å². The number of hydrogen-bond acceptors (Lipinski definition) is 5. The van der Waals surface area contributed by atoms with Crippen LogP contribution in [0.4, 0.5) is 13.2 Å². The van der Waals surface area contributed by atoms with Crippen LogP contribution in [0.2, 0.25) is 0 Å². The summed E-state index contributed by atoms with van der Waals surface area (Å²) in [5, 5.41) is 16.3. The Labute approximate surface area is 198 Å². The van der Waals surface area contributed by atoms with Crippen molar-refractivity contribution in [1.29, 1.82) is 0 Å². The summed E-state index contributed by atoms with van der Waals surface area (Å²) in [6.45, 7) is 3.19. The van der Waals surface area contributed by atoms with Crippen molar-refractivity contribution in [2.24, 2.45) is 5.92 Å². The molecular formula is C22H27F3N5O5+. The van der Waals surface area contributed by atoms with Crippen LogP contribution in [0, 0.1) is 5.92 Å². The molecule has 2 aliphatic rings. The van der Waals surface area contributed by atoms with E-state index in [0.717, 1.165) is 28.3 Å². The Morgan fingerprint density at radius 1 is 1.37 bits per heavy atom. The molecule has 0 radical (unpaired) electrons. The first-order valence-corrected chi connectivity index (χ1v) is 11.3. The number of fused-ring (bicyclic) bond motifs is 1. The Balaban J connectivity index is 1.68. The molecule has 10 nitrogen and oxygen atoms in total. The maximum atomic E-state index is 13.0. The first-order chi connectivity index (χ1) is 16.5. The van der Waals surface area contributed by atoms with Crippen molar-refractivity contribution in [1.82, 2.24) is 19.8 Å². The van der Waals surface area contributed by atoms with E-state index >= 15 is 0 Å². The number of amides is 2. The lowest BCUT2D eigenvalue weighted by atomic mass is 10.2. The zero-order chi connectivity index (χ0) is 25.5. The number of morpholine rings is 1. The lowest BCUT2D eigenvalue weighted by Crippen LogP contribution is -2.50. The van der Waals surface area contributed by atoms with Gasteiger partial charge in [-0.25, -0.2) is 9.89 Å². The molecule has 1 atom stereocenters. The fraction of sp³-hybridized carbons (Fsp3) is 0.545. The van der Waals surface area contributed by atoms with Crippen LogP contribution in [0.1, 0.15) is 42.6 Å². The number of aromatic nitrogens is 3. The largest absolute Gasteiger partial charge is 0.477 e. The third-order valence-corrected chi connectivity index (χ3v) is 5.81. The van der Waals surface area contributed by atoms with E-state index < -0.39 is 47.6 Å². The highest BCUT2D eigenvalue weighted by Crippen LogP contribution is 2.26. The second kappa shape index (κ2) is 9.36. The van der Waals surface area contributed by atoms with Crippen molar-refractivity contribution in [3.8, 4) is 5.88 Å². The maximum Gasteiger partial charge on any atom is 0.416 e. The van der Waals surface area contributed by atoms with Crippen LogP contribution in [0.15, 0.2) is 17.1 Å². The van der Waals surface area contributed by atoms with Gasteiger partial charge in [0.25, 0.3) is 5.91 Å². The van der Waals surface area contributed by atoms with E-state index in [9.17, 15) is 32.7 Å². The molecule has 1 aliphatic heterocycles. The molecule has 0 aromatic carbocycles. The number of alkyl halides is 3. The molecule has 2 amide bonds. The molecule has 1 saturated carbocycles. The predicted molar refractivity (Wildman–Crippen MR) is 117 cm³/mol. The number of halogens is 3. The number of rotatable bonds is 6. The highest BCUT2D eigenvalue weighted by Gasteiger charge is 2.44. The Morgan fingerprint density at radius 3 is 2.71 bits per heavy atom. The van der Waals surface area contributed by atoms with Crippen molar-refractivity contribution in [2.45, 2.75) is 51.6 Å². The van der Waals surface area contributed by atoms with Gasteiger partial charge in [0, 0.05) is 18.7 Å². The van der Waals surface area contributed by atoms with Gasteiger partial charge in [-0.05, 0) is 24.8 Å². The van der Waals surface area contributed by atoms with Crippen LogP contribution < -0.4 is 15.4 Å². The molecule has 2 aromatic heterocycles. The van der Waals surface area contributed by atoms with Crippen LogP contribution in [-0.2, 0) is 16.1 Å². The minimum atomic E-state index is -4.58. The van der Waals surface area contributed by atoms with Crippen molar-refractivity contribution in [3.63, 3.8) is 0 Å². The Kier molecular flexibility index (Phi) is 6.62. The summed E-state index contributed by atoms with van der Waals surface area (Å²) < 4.78 is 46.2. The van der Waals surface area contributed by atoms with Crippen molar-refractivity contribution < 1.29 is 37.2 Å². The fourth-order valence-electron chi connectivity index (χ4n) is 3.92. The summed E-state index contributed by atoms with van der Waals surface area (Å²) in [6.07, 6.45) is -1.14. The summed E-state index contributed by atoms with van der Waals surface area (Å²) in [6, 6.07) is -0.0224. The Morgan fingerprint density at radius 2 is 2.09 bits per heavy atom.